The van der Waals surface area contributed by atoms with Crippen molar-refractivity contribution in [1.82, 2.24) is 4.98 Å². The topological polar surface area (TPSA) is 80.9 Å². The Hall–Kier alpha value is -1.86. The van der Waals surface area contributed by atoms with Gasteiger partial charge in [-0.05, 0) is 36.8 Å². The monoisotopic (exact) mass is 332 g/mol. The number of nitrogens with zero attached hydrogens (tertiary/aromatic N) is 3. The summed E-state index contributed by atoms with van der Waals surface area (Å²) in [7, 11) is 1.70. The van der Waals surface area contributed by atoms with Crippen molar-refractivity contribution in [3.63, 3.8) is 0 Å². The molecule has 1 atom stereocenters. The van der Waals surface area contributed by atoms with Gasteiger partial charge in [0.05, 0.1) is 0 Å². The van der Waals surface area contributed by atoms with E-state index in [1.165, 1.54) is 11.3 Å². The first-order valence-corrected chi connectivity index (χ1v) is 8.58. The standard InChI is InChI=1S/C17H24N4O3/c1-20-15-13(24-10-12(18)16(20)22)2-3-14(19-15)21-7-4-17(11-21)5-8-23-9-6-17/h2-3,12H,4-11,18H2,1H3/t12-/m0/s1. The first kappa shape index (κ1) is 15.7. The Morgan fingerprint density at radius 3 is 2.88 bits per heavy atom. The lowest BCUT2D eigenvalue weighted by molar-refractivity contribution is -0.119. The van der Waals surface area contributed by atoms with Gasteiger partial charge >= 0.3 is 0 Å². The van der Waals surface area contributed by atoms with Gasteiger partial charge in [0.2, 0.25) is 5.91 Å². The van der Waals surface area contributed by atoms with Crippen LogP contribution >= 0.6 is 0 Å². The molecule has 7 heteroatoms. The maximum absolute atomic E-state index is 12.2. The first-order valence-electron chi connectivity index (χ1n) is 8.58. The van der Waals surface area contributed by atoms with Gasteiger partial charge < -0.3 is 20.1 Å². The molecule has 1 amide bonds. The molecule has 130 valence electrons. The van der Waals surface area contributed by atoms with Crippen LogP contribution in [0.3, 0.4) is 0 Å². The number of rotatable bonds is 1. The highest BCUT2D eigenvalue weighted by atomic mass is 16.5. The summed E-state index contributed by atoms with van der Waals surface area (Å²) >= 11 is 0. The molecule has 0 bridgehead atoms. The van der Waals surface area contributed by atoms with Gasteiger partial charge in [0.1, 0.15) is 18.5 Å². The van der Waals surface area contributed by atoms with Crippen molar-refractivity contribution in [2.75, 3.05) is 49.8 Å². The Morgan fingerprint density at radius 1 is 1.29 bits per heavy atom. The van der Waals surface area contributed by atoms with E-state index in [0.29, 0.717) is 17.0 Å². The Balaban J connectivity index is 1.59. The number of fused-ring (bicyclic) bond motifs is 1. The predicted molar refractivity (Wildman–Crippen MR) is 90.4 cm³/mol. The molecule has 24 heavy (non-hydrogen) atoms. The van der Waals surface area contributed by atoms with E-state index < -0.39 is 6.04 Å². The predicted octanol–water partition coefficient (Wildman–Crippen LogP) is 0.771. The number of carbonyl (C=O) groups is 1. The van der Waals surface area contributed by atoms with Gasteiger partial charge in [-0.15, -0.1) is 0 Å². The highest BCUT2D eigenvalue weighted by Crippen LogP contribution is 2.42. The van der Waals surface area contributed by atoms with Gasteiger partial charge in [-0.1, -0.05) is 0 Å². The summed E-state index contributed by atoms with van der Waals surface area (Å²) in [5.41, 5.74) is 6.19. The van der Waals surface area contributed by atoms with Crippen LogP contribution in [-0.4, -0.2) is 56.9 Å². The van der Waals surface area contributed by atoms with Crippen molar-refractivity contribution in [1.29, 1.82) is 0 Å². The highest BCUT2D eigenvalue weighted by Gasteiger charge is 2.40. The van der Waals surface area contributed by atoms with E-state index in [1.54, 1.807) is 7.05 Å². The van der Waals surface area contributed by atoms with Crippen LogP contribution in [0.1, 0.15) is 19.3 Å². The number of pyridine rings is 1. The van der Waals surface area contributed by atoms with Crippen LogP contribution in [0.4, 0.5) is 11.6 Å². The molecule has 0 radical (unpaired) electrons. The quantitative estimate of drug-likeness (QED) is 0.818. The van der Waals surface area contributed by atoms with E-state index >= 15 is 0 Å². The summed E-state index contributed by atoms with van der Waals surface area (Å²) in [6.07, 6.45) is 3.40. The third-order valence-electron chi connectivity index (χ3n) is 5.52. The molecule has 7 nitrogen and oxygen atoms in total. The van der Waals surface area contributed by atoms with Crippen LogP contribution < -0.4 is 20.3 Å². The first-order chi connectivity index (χ1) is 11.6. The van der Waals surface area contributed by atoms with Crippen LogP contribution in [0.5, 0.6) is 5.75 Å². The molecule has 3 aliphatic heterocycles. The number of nitrogens with two attached hydrogens (primary N) is 1. The second-order valence-corrected chi connectivity index (χ2v) is 7.09. The number of hydrogen-bond acceptors (Lipinski definition) is 6. The van der Waals surface area contributed by atoms with Crippen molar-refractivity contribution in [2.45, 2.75) is 25.3 Å². The van der Waals surface area contributed by atoms with Crippen molar-refractivity contribution in [3.8, 4) is 5.75 Å². The molecule has 4 heterocycles. The number of amides is 1. The largest absolute Gasteiger partial charge is 0.488 e. The SMILES string of the molecule is CN1C(=O)[C@@H](N)COc2ccc(N3CCC4(CCOCC4)C3)nc21. The van der Waals surface area contributed by atoms with E-state index in [0.717, 1.165) is 45.0 Å². The molecular formula is C17H24N4O3. The summed E-state index contributed by atoms with van der Waals surface area (Å²) in [6, 6.07) is 3.23. The Bertz CT molecular complexity index is 645. The van der Waals surface area contributed by atoms with Gasteiger partial charge in [-0.25, -0.2) is 4.98 Å². The Kier molecular flexibility index (Phi) is 3.85. The zero-order valence-corrected chi connectivity index (χ0v) is 14.0. The fourth-order valence-corrected chi connectivity index (χ4v) is 3.90. The number of likely N-dealkylation sites (N-methyl/N-ethyl adjacent to an activating group) is 1. The van der Waals surface area contributed by atoms with E-state index in [2.05, 4.69) is 4.90 Å². The number of anilines is 2. The zero-order valence-electron chi connectivity index (χ0n) is 14.0. The highest BCUT2D eigenvalue weighted by molar-refractivity contribution is 5.97. The average molecular weight is 332 g/mol. The minimum Gasteiger partial charge on any atom is -0.488 e. The molecule has 3 aliphatic rings. The average Bonchev–Trinajstić information content (AvgIpc) is 2.97. The van der Waals surface area contributed by atoms with Gasteiger partial charge in [0.15, 0.2) is 11.6 Å². The minimum absolute atomic E-state index is 0.166. The summed E-state index contributed by atoms with van der Waals surface area (Å²) in [4.78, 5) is 20.8. The van der Waals surface area contributed by atoms with Gasteiger partial charge in [-0.2, -0.15) is 0 Å². The van der Waals surface area contributed by atoms with Crippen molar-refractivity contribution >= 4 is 17.5 Å². The lowest BCUT2D eigenvalue weighted by Gasteiger charge is -2.33. The maximum Gasteiger partial charge on any atom is 0.248 e. The van der Waals surface area contributed by atoms with Gasteiger partial charge in [0, 0.05) is 33.4 Å². The molecule has 2 N–H and O–H groups in total. The Labute approximate surface area is 141 Å². The summed E-state index contributed by atoms with van der Waals surface area (Å²) in [5.74, 6) is 1.90. The normalized spacial score (nSPS) is 26.2. The molecule has 1 spiro atoms. The van der Waals surface area contributed by atoms with Crippen LogP contribution in [0.25, 0.3) is 0 Å². The van der Waals surface area contributed by atoms with Crippen molar-refractivity contribution in [2.24, 2.45) is 11.1 Å². The molecule has 4 rings (SSSR count). The fraction of sp³-hybridized carbons (Fsp3) is 0.647. The molecule has 0 aliphatic carbocycles. The van der Waals surface area contributed by atoms with Crippen molar-refractivity contribution < 1.29 is 14.3 Å². The van der Waals surface area contributed by atoms with Crippen LogP contribution in [0.2, 0.25) is 0 Å². The molecule has 0 saturated carbocycles. The summed E-state index contributed by atoms with van der Waals surface area (Å²) in [5, 5.41) is 0. The van der Waals surface area contributed by atoms with E-state index in [-0.39, 0.29) is 12.5 Å². The fourth-order valence-electron chi connectivity index (χ4n) is 3.90. The maximum atomic E-state index is 12.2. The minimum atomic E-state index is -0.648. The molecule has 1 aromatic rings. The molecule has 0 aromatic carbocycles. The van der Waals surface area contributed by atoms with Crippen LogP contribution in [0, 0.1) is 5.41 Å². The number of hydrogen-bond donors (Lipinski definition) is 1. The number of carbonyl (C=O) groups excluding carboxylic acids is 1. The number of ether oxygens (including phenoxy) is 2. The second kappa shape index (κ2) is 5.89. The molecule has 0 unspecified atom stereocenters. The molecular weight excluding hydrogens is 308 g/mol. The van der Waals surface area contributed by atoms with E-state index in [1.807, 2.05) is 12.1 Å². The molecule has 2 saturated heterocycles. The lowest BCUT2D eigenvalue weighted by Crippen LogP contribution is -2.43. The van der Waals surface area contributed by atoms with Crippen LogP contribution in [-0.2, 0) is 9.53 Å². The zero-order chi connectivity index (χ0) is 16.7. The summed E-state index contributed by atoms with van der Waals surface area (Å²) < 4.78 is 11.2. The van der Waals surface area contributed by atoms with Crippen molar-refractivity contribution in [3.05, 3.63) is 12.1 Å². The third-order valence-corrected chi connectivity index (χ3v) is 5.52. The summed E-state index contributed by atoms with van der Waals surface area (Å²) in [6.45, 7) is 3.89. The number of aromatic nitrogens is 1. The third kappa shape index (κ3) is 2.61. The molecule has 2 fully saturated rings. The second-order valence-electron chi connectivity index (χ2n) is 7.09. The van der Waals surface area contributed by atoms with Gasteiger partial charge in [0.25, 0.3) is 0 Å². The van der Waals surface area contributed by atoms with E-state index in [9.17, 15) is 4.79 Å². The lowest BCUT2D eigenvalue weighted by atomic mass is 9.80. The molecule has 1 aromatic heterocycles. The van der Waals surface area contributed by atoms with E-state index in [4.69, 9.17) is 20.2 Å². The Morgan fingerprint density at radius 2 is 2.08 bits per heavy atom. The smallest absolute Gasteiger partial charge is 0.248 e. The van der Waals surface area contributed by atoms with Crippen LogP contribution in [0.15, 0.2) is 12.1 Å². The van der Waals surface area contributed by atoms with Gasteiger partial charge in [-0.3, -0.25) is 9.69 Å².